The maximum atomic E-state index is 13.5. The maximum Gasteiger partial charge on any atom is 0.123 e. The molecule has 1 aliphatic carbocycles. The van der Waals surface area contributed by atoms with Crippen LogP contribution in [0.3, 0.4) is 0 Å². The fourth-order valence-electron chi connectivity index (χ4n) is 3.61. The third-order valence-corrected chi connectivity index (χ3v) is 5.91. The van der Waals surface area contributed by atoms with Gasteiger partial charge in [0.05, 0.1) is 0 Å². The van der Waals surface area contributed by atoms with Gasteiger partial charge in [-0.25, -0.2) is 4.39 Å². The van der Waals surface area contributed by atoms with Crippen molar-refractivity contribution in [3.8, 4) is 0 Å². The molecule has 1 saturated carbocycles. The summed E-state index contributed by atoms with van der Waals surface area (Å²) in [5.41, 5.74) is 7.34. The van der Waals surface area contributed by atoms with Crippen LogP contribution in [0.1, 0.15) is 57.4 Å². The van der Waals surface area contributed by atoms with Gasteiger partial charge in [0.15, 0.2) is 0 Å². The molecule has 1 aromatic carbocycles. The number of unbranched alkanes of at least 4 members (excludes halogenated alkanes) is 1. The van der Waals surface area contributed by atoms with Gasteiger partial charge in [0.25, 0.3) is 0 Å². The first kappa shape index (κ1) is 17.0. The molecule has 1 fully saturated rings. The molecule has 3 heteroatoms. The number of benzene rings is 1. The van der Waals surface area contributed by atoms with E-state index in [0.717, 1.165) is 22.4 Å². The predicted molar refractivity (Wildman–Crippen MR) is 90.8 cm³/mol. The lowest BCUT2D eigenvalue weighted by molar-refractivity contribution is 0.149. The summed E-state index contributed by atoms with van der Waals surface area (Å²) >= 11 is 3.55. The van der Waals surface area contributed by atoms with Gasteiger partial charge < -0.3 is 5.73 Å². The first-order valence-corrected chi connectivity index (χ1v) is 9.02. The SMILES string of the molecule is CCCCC1CCC(CN)(Cc2cc(F)ccc2Br)CC1. The fourth-order valence-corrected chi connectivity index (χ4v) is 3.99. The molecule has 0 spiro atoms. The minimum absolute atomic E-state index is 0.156. The molecule has 0 aliphatic heterocycles. The Morgan fingerprint density at radius 2 is 2.05 bits per heavy atom. The summed E-state index contributed by atoms with van der Waals surface area (Å²) < 4.78 is 14.5. The van der Waals surface area contributed by atoms with E-state index < -0.39 is 0 Å². The average molecular weight is 356 g/mol. The number of rotatable bonds is 6. The molecule has 0 aromatic heterocycles. The molecule has 0 amide bonds. The fraction of sp³-hybridized carbons (Fsp3) is 0.667. The molecule has 0 atom stereocenters. The number of halogens is 2. The van der Waals surface area contributed by atoms with Gasteiger partial charge in [0, 0.05) is 4.47 Å². The van der Waals surface area contributed by atoms with Crippen LogP contribution in [0.5, 0.6) is 0 Å². The largest absolute Gasteiger partial charge is 0.330 e. The summed E-state index contributed by atoms with van der Waals surface area (Å²) in [7, 11) is 0. The van der Waals surface area contributed by atoms with E-state index in [9.17, 15) is 4.39 Å². The Labute approximate surface area is 136 Å². The average Bonchev–Trinajstić information content (AvgIpc) is 2.50. The van der Waals surface area contributed by atoms with Gasteiger partial charge in [-0.1, -0.05) is 42.1 Å². The van der Waals surface area contributed by atoms with Crippen LogP contribution in [0.15, 0.2) is 22.7 Å². The topological polar surface area (TPSA) is 26.0 Å². The zero-order valence-corrected chi connectivity index (χ0v) is 14.6. The van der Waals surface area contributed by atoms with E-state index in [1.165, 1.54) is 51.0 Å². The van der Waals surface area contributed by atoms with Crippen molar-refractivity contribution in [2.75, 3.05) is 6.54 Å². The highest BCUT2D eigenvalue weighted by molar-refractivity contribution is 9.10. The van der Waals surface area contributed by atoms with Gasteiger partial charge in [-0.2, -0.15) is 0 Å². The van der Waals surface area contributed by atoms with Crippen LogP contribution in [-0.4, -0.2) is 6.54 Å². The Balaban J connectivity index is 2.01. The van der Waals surface area contributed by atoms with E-state index in [4.69, 9.17) is 5.73 Å². The quantitative estimate of drug-likeness (QED) is 0.720. The van der Waals surface area contributed by atoms with Crippen LogP contribution < -0.4 is 5.73 Å². The van der Waals surface area contributed by atoms with Gasteiger partial charge in [0.1, 0.15) is 5.82 Å². The smallest absolute Gasteiger partial charge is 0.123 e. The number of hydrogen-bond acceptors (Lipinski definition) is 1. The molecule has 0 heterocycles. The molecule has 0 radical (unpaired) electrons. The van der Waals surface area contributed by atoms with E-state index in [1.54, 1.807) is 6.07 Å². The second kappa shape index (κ2) is 7.73. The van der Waals surface area contributed by atoms with Crippen LogP contribution in [0.2, 0.25) is 0 Å². The lowest BCUT2D eigenvalue weighted by Crippen LogP contribution is -2.37. The van der Waals surface area contributed by atoms with Crippen LogP contribution >= 0.6 is 15.9 Å². The van der Waals surface area contributed by atoms with Crippen LogP contribution in [-0.2, 0) is 6.42 Å². The van der Waals surface area contributed by atoms with Crippen LogP contribution in [0.4, 0.5) is 4.39 Å². The summed E-state index contributed by atoms with van der Waals surface area (Å²) in [4.78, 5) is 0. The summed E-state index contributed by atoms with van der Waals surface area (Å²) in [6.07, 6.45) is 9.81. The Kier molecular flexibility index (Phi) is 6.24. The molecule has 118 valence electrons. The Morgan fingerprint density at radius 1 is 1.33 bits per heavy atom. The molecule has 1 aliphatic rings. The normalized spacial score (nSPS) is 26.0. The Morgan fingerprint density at radius 3 is 2.67 bits per heavy atom. The Hall–Kier alpha value is -0.410. The third kappa shape index (κ3) is 4.53. The van der Waals surface area contributed by atoms with Gasteiger partial charge in [-0.15, -0.1) is 0 Å². The monoisotopic (exact) mass is 355 g/mol. The van der Waals surface area contributed by atoms with Crippen molar-refractivity contribution in [2.45, 2.75) is 58.3 Å². The molecule has 0 saturated heterocycles. The van der Waals surface area contributed by atoms with E-state index in [1.807, 2.05) is 6.07 Å². The van der Waals surface area contributed by atoms with Crippen LogP contribution in [0, 0.1) is 17.2 Å². The molecular weight excluding hydrogens is 329 g/mol. The van der Waals surface area contributed by atoms with Gasteiger partial charge in [-0.05, 0) is 73.7 Å². The van der Waals surface area contributed by atoms with Gasteiger partial charge >= 0.3 is 0 Å². The second-order valence-corrected chi connectivity index (χ2v) is 7.56. The molecule has 1 aromatic rings. The summed E-state index contributed by atoms with van der Waals surface area (Å²) in [6.45, 7) is 2.96. The van der Waals surface area contributed by atoms with Gasteiger partial charge in [-0.3, -0.25) is 0 Å². The highest BCUT2D eigenvalue weighted by Crippen LogP contribution is 2.43. The minimum atomic E-state index is -0.156. The van der Waals surface area contributed by atoms with Crippen molar-refractivity contribution >= 4 is 15.9 Å². The Bertz CT molecular complexity index is 453. The van der Waals surface area contributed by atoms with E-state index >= 15 is 0 Å². The molecular formula is C18H27BrFN. The summed E-state index contributed by atoms with van der Waals surface area (Å²) in [5, 5.41) is 0. The maximum absolute atomic E-state index is 13.5. The summed E-state index contributed by atoms with van der Waals surface area (Å²) in [5.74, 6) is 0.720. The van der Waals surface area contributed by atoms with Crippen molar-refractivity contribution in [2.24, 2.45) is 17.1 Å². The highest BCUT2D eigenvalue weighted by atomic mass is 79.9. The zero-order valence-electron chi connectivity index (χ0n) is 13.0. The first-order chi connectivity index (χ1) is 10.1. The molecule has 0 unspecified atom stereocenters. The lowest BCUT2D eigenvalue weighted by Gasteiger charge is -2.40. The van der Waals surface area contributed by atoms with Crippen molar-refractivity contribution in [3.63, 3.8) is 0 Å². The van der Waals surface area contributed by atoms with Gasteiger partial charge in [0.2, 0.25) is 0 Å². The van der Waals surface area contributed by atoms with E-state index in [2.05, 4.69) is 22.9 Å². The lowest BCUT2D eigenvalue weighted by atomic mass is 9.66. The summed E-state index contributed by atoms with van der Waals surface area (Å²) in [6, 6.07) is 4.97. The van der Waals surface area contributed by atoms with Crippen molar-refractivity contribution in [1.29, 1.82) is 0 Å². The number of nitrogens with two attached hydrogens (primary N) is 1. The third-order valence-electron chi connectivity index (χ3n) is 5.14. The highest BCUT2D eigenvalue weighted by Gasteiger charge is 2.34. The minimum Gasteiger partial charge on any atom is -0.330 e. The second-order valence-electron chi connectivity index (χ2n) is 6.70. The van der Waals surface area contributed by atoms with Crippen molar-refractivity contribution < 1.29 is 4.39 Å². The number of hydrogen-bond donors (Lipinski definition) is 1. The first-order valence-electron chi connectivity index (χ1n) is 8.22. The molecule has 21 heavy (non-hydrogen) atoms. The van der Waals surface area contributed by atoms with Crippen molar-refractivity contribution in [1.82, 2.24) is 0 Å². The molecule has 1 nitrogen and oxygen atoms in total. The van der Waals surface area contributed by atoms with E-state index in [0.29, 0.717) is 6.54 Å². The van der Waals surface area contributed by atoms with Crippen LogP contribution in [0.25, 0.3) is 0 Å². The van der Waals surface area contributed by atoms with Crippen molar-refractivity contribution in [3.05, 3.63) is 34.1 Å². The standard InChI is InChI=1S/C18H27BrFN/c1-2-3-4-14-7-9-18(13-21,10-8-14)12-15-11-16(20)5-6-17(15)19/h5-6,11,14H,2-4,7-10,12-13,21H2,1H3. The predicted octanol–water partition coefficient (Wildman–Crippen LogP) is 5.46. The zero-order chi connectivity index (χ0) is 15.3. The molecule has 0 bridgehead atoms. The molecule has 2 rings (SSSR count). The molecule has 2 N–H and O–H groups in total. The van der Waals surface area contributed by atoms with E-state index in [-0.39, 0.29) is 11.2 Å².